The normalized spacial score (nSPS) is 10.6. The molecule has 0 unspecified atom stereocenters. The molecule has 1 N–H and O–H groups in total. The number of nitrogens with zero attached hydrogens (tertiary/aromatic N) is 1. The van der Waals surface area contributed by atoms with Crippen molar-refractivity contribution in [2.75, 3.05) is 0 Å². The molecular formula is C16H25NO2. The molecule has 1 heterocycles. The summed E-state index contributed by atoms with van der Waals surface area (Å²) in [5.74, 6) is -0.875. The van der Waals surface area contributed by atoms with Crippen LogP contribution in [0.1, 0.15) is 74.3 Å². The second-order valence-electron chi connectivity index (χ2n) is 5.07. The predicted octanol–water partition coefficient (Wildman–Crippen LogP) is 4.46. The molecule has 1 rings (SSSR count). The molecule has 0 aliphatic carbocycles. The van der Waals surface area contributed by atoms with E-state index in [1.54, 1.807) is 18.3 Å². The molecule has 3 heteroatoms. The predicted molar refractivity (Wildman–Crippen MR) is 77.5 cm³/mol. The number of rotatable bonds is 10. The number of hydrogen-bond acceptors (Lipinski definition) is 2. The molecule has 19 heavy (non-hydrogen) atoms. The standard InChI is InChI=1S/C16H25NO2/c1-2-3-4-5-6-7-8-9-10-15-13-14(16(18)19)11-12-17-15/h11-13H,2-10H2,1H3,(H,18,19). The molecule has 0 fully saturated rings. The highest BCUT2D eigenvalue weighted by atomic mass is 16.4. The number of unbranched alkanes of at least 4 members (excludes halogenated alkanes) is 7. The first kappa shape index (κ1) is 15.7. The van der Waals surface area contributed by atoms with Gasteiger partial charge in [0.05, 0.1) is 5.56 Å². The number of hydrogen-bond donors (Lipinski definition) is 1. The van der Waals surface area contributed by atoms with Gasteiger partial charge >= 0.3 is 5.97 Å². The zero-order chi connectivity index (χ0) is 13.9. The minimum atomic E-state index is -0.875. The Kier molecular flexibility index (Phi) is 7.87. The van der Waals surface area contributed by atoms with E-state index in [1.807, 2.05) is 0 Å². The van der Waals surface area contributed by atoms with Gasteiger partial charge in [0.25, 0.3) is 0 Å². The van der Waals surface area contributed by atoms with Crippen molar-refractivity contribution < 1.29 is 9.90 Å². The molecule has 0 aliphatic heterocycles. The van der Waals surface area contributed by atoms with E-state index in [-0.39, 0.29) is 0 Å². The van der Waals surface area contributed by atoms with Gasteiger partial charge in [-0.05, 0) is 25.0 Å². The highest BCUT2D eigenvalue weighted by Crippen LogP contribution is 2.11. The maximum absolute atomic E-state index is 10.8. The lowest BCUT2D eigenvalue weighted by Gasteiger charge is -2.03. The van der Waals surface area contributed by atoms with Gasteiger partial charge in [-0.3, -0.25) is 4.98 Å². The van der Waals surface area contributed by atoms with Crippen molar-refractivity contribution in [2.24, 2.45) is 0 Å². The summed E-state index contributed by atoms with van der Waals surface area (Å²) in [6, 6.07) is 3.23. The molecule has 1 aromatic rings. The maximum Gasteiger partial charge on any atom is 0.335 e. The molecule has 0 amide bonds. The van der Waals surface area contributed by atoms with Crippen LogP contribution in [-0.4, -0.2) is 16.1 Å². The second-order valence-corrected chi connectivity index (χ2v) is 5.07. The van der Waals surface area contributed by atoms with Gasteiger partial charge in [0, 0.05) is 11.9 Å². The third kappa shape index (κ3) is 6.94. The molecule has 0 aliphatic rings. The van der Waals surface area contributed by atoms with Gasteiger partial charge < -0.3 is 5.11 Å². The van der Waals surface area contributed by atoms with E-state index in [0.717, 1.165) is 18.5 Å². The number of carboxylic acids is 1. The van der Waals surface area contributed by atoms with E-state index in [0.29, 0.717) is 5.56 Å². The van der Waals surface area contributed by atoms with Crippen LogP contribution in [0.5, 0.6) is 0 Å². The Morgan fingerprint density at radius 3 is 2.37 bits per heavy atom. The molecule has 0 radical (unpaired) electrons. The van der Waals surface area contributed by atoms with Gasteiger partial charge in [0.15, 0.2) is 0 Å². The van der Waals surface area contributed by atoms with Crippen LogP contribution in [0.3, 0.4) is 0 Å². The van der Waals surface area contributed by atoms with E-state index in [4.69, 9.17) is 5.11 Å². The largest absolute Gasteiger partial charge is 0.478 e. The minimum absolute atomic E-state index is 0.338. The van der Waals surface area contributed by atoms with Crippen LogP contribution >= 0.6 is 0 Å². The van der Waals surface area contributed by atoms with Crippen LogP contribution < -0.4 is 0 Å². The second kappa shape index (κ2) is 9.54. The van der Waals surface area contributed by atoms with Crippen LogP contribution in [0.25, 0.3) is 0 Å². The summed E-state index contributed by atoms with van der Waals surface area (Å²) in [6.45, 7) is 2.23. The topological polar surface area (TPSA) is 50.2 Å². The lowest BCUT2D eigenvalue weighted by Crippen LogP contribution is -1.99. The smallest absolute Gasteiger partial charge is 0.335 e. The van der Waals surface area contributed by atoms with Crippen molar-refractivity contribution in [3.05, 3.63) is 29.6 Å². The van der Waals surface area contributed by atoms with Crippen LogP contribution in [0, 0.1) is 0 Å². The molecule has 1 aromatic heterocycles. The zero-order valence-corrected chi connectivity index (χ0v) is 11.9. The minimum Gasteiger partial charge on any atom is -0.478 e. The van der Waals surface area contributed by atoms with Crippen LogP contribution in [0.2, 0.25) is 0 Å². The summed E-state index contributed by atoms with van der Waals surface area (Å²) < 4.78 is 0. The first-order valence-corrected chi connectivity index (χ1v) is 7.42. The Hall–Kier alpha value is -1.38. The van der Waals surface area contributed by atoms with Gasteiger partial charge in [-0.2, -0.15) is 0 Å². The first-order valence-electron chi connectivity index (χ1n) is 7.42. The Bertz CT molecular complexity index is 377. The van der Waals surface area contributed by atoms with Gasteiger partial charge in [-0.25, -0.2) is 4.79 Å². The molecule has 0 bridgehead atoms. The summed E-state index contributed by atoms with van der Waals surface area (Å²) >= 11 is 0. The van der Waals surface area contributed by atoms with Crippen molar-refractivity contribution >= 4 is 5.97 Å². The lowest BCUT2D eigenvalue weighted by atomic mass is 10.1. The average molecular weight is 263 g/mol. The Labute approximate surface area is 116 Å². The van der Waals surface area contributed by atoms with Crippen LogP contribution in [0.4, 0.5) is 0 Å². The van der Waals surface area contributed by atoms with Crippen molar-refractivity contribution in [1.29, 1.82) is 0 Å². The molecule has 0 spiro atoms. The lowest BCUT2D eigenvalue weighted by molar-refractivity contribution is 0.0696. The van der Waals surface area contributed by atoms with E-state index in [1.165, 1.54) is 44.9 Å². The summed E-state index contributed by atoms with van der Waals surface area (Å²) in [5, 5.41) is 8.89. The number of aromatic nitrogens is 1. The van der Waals surface area contributed by atoms with Crippen molar-refractivity contribution in [3.8, 4) is 0 Å². The molecule has 3 nitrogen and oxygen atoms in total. The Morgan fingerprint density at radius 1 is 1.11 bits per heavy atom. The van der Waals surface area contributed by atoms with E-state index < -0.39 is 5.97 Å². The fraction of sp³-hybridized carbons (Fsp3) is 0.625. The van der Waals surface area contributed by atoms with Gasteiger partial charge in [0.2, 0.25) is 0 Å². The quantitative estimate of drug-likeness (QED) is 0.634. The van der Waals surface area contributed by atoms with Crippen molar-refractivity contribution in [2.45, 2.75) is 64.7 Å². The van der Waals surface area contributed by atoms with Crippen LogP contribution in [0.15, 0.2) is 18.3 Å². The molecule has 0 atom stereocenters. The first-order chi connectivity index (χ1) is 9.24. The summed E-state index contributed by atoms with van der Waals surface area (Å²) in [7, 11) is 0. The highest BCUT2D eigenvalue weighted by Gasteiger charge is 2.03. The highest BCUT2D eigenvalue weighted by molar-refractivity contribution is 5.87. The number of pyridine rings is 1. The number of aromatic carboxylic acids is 1. The average Bonchev–Trinajstić information content (AvgIpc) is 2.42. The molecule has 106 valence electrons. The Balaban J connectivity index is 2.12. The fourth-order valence-corrected chi connectivity index (χ4v) is 2.19. The van der Waals surface area contributed by atoms with Gasteiger partial charge in [-0.15, -0.1) is 0 Å². The number of aryl methyl sites for hydroxylation is 1. The molecule has 0 saturated heterocycles. The van der Waals surface area contributed by atoms with Crippen molar-refractivity contribution in [1.82, 2.24) is 4.98 Å². The van der Waals surface area contributed by atoms with E-state index in [2.05, 4.69) is 11.9 Å². The van der Waals surface area contributed by atoms with Crippen molar-refractivity contribution in [3.63, 3.8) is 0 Å². The third-order valence-corrected chi connectivity index (χ3v) is 3.35. The Morgan fingerprint density at radius 2 is 1.74 bits per heavy atom. The van der Waals surface area contributed by atoms with Crippen LogP contribution in [-0.2, 0) is 6.42 Å². The van der Waals surface area contributed by atoms with E-state index in [9.17, 15) is 4.79 Å². The zero-order valence-electron chi connectivity index (χ0n) is 11.9. The third-order valence-electron chi connectivity index (χ3n) is 3.35. The number of carbonyl (C=O) groups is 1. The molecule has 0 saturated carbocycles. The monoisotopic (exact) mass is 263 g/mol. The fourth-order valence-electron chi connectivity index (χ4n) is 2.19. The number of carboxylic acid groups (broad SMARTS) is 1. The maximum atomic E-state index is 10.8. The molecular weight excluding hydrogens is 238 g/mol. The summed E-state index contributed by atoms with van der Waals surface area (Å²) in [6.07, 6.45) is 12.7. The van der Waals surface area contributed by atoms with Gasteiger partial charge in [-0.1, -0.05) is 51.9 Å². The summed E-state index contributed by atoms with van der Waals surface area (Å²) in [5.41, 5.74) is 1.23. The molecule has 0 aromatic carbocycles. The SMILES string of the molecule is CCCCCCCCCCc1cc(C(=O)O)ccn1. The van der Waals surface area contributed by atoms with Gasteiger partial charge in [0.1, 0.15) is 0 Å². The van der Waals surface area contributed by atoms with E-state index >= 15 is 0 Å². The summed E-state index contributed by atoms with van der Waals surface area (Å²) in [4.78, 5) is 15.0.